The molecule has 0 spiro atoms. The average Bonchev–Trinajstić information content (AvgIpc) is 3.38. The number of ketones is 2. The van der Waals surface area contributed by atoms with Gasteiger partial charge in [-0.3, -0.25) is 19.2 Å². The molecule has 2 bridgehead atoms. The van der Waals surface area contributed by atoms with E-state index in [2.05, 4.69) is 15.3 Å². The number of rotatable bonds is 4. The predicted octanol–water partition coefficient (Wildman–Crippen LogP) is 3.76. The van der Waals surface area contributed by atoms with Crippen molar-refractivity contribution in [3.05, 3.63) is 47.7 Å². The van der Waals surface area contributed by atoms with Crippen LogP contribution in [0.15, 0.2) is 30.7 Å². The molecule has 1 aromatic carbocycles. The Morgan fingerprint density at radius 3 is 2.64 bits per heavy atom. The van der Waals surface area contributed by atoms with Crippen LogP contribution < -0.4 is 5.32 Å². The highest BCUT2D eigenvalue weighted by atomic mass is 16.5. The number of aromatic nitrogens is 3. The van der Waals surface area contributed by atoms with Crippen molar-refractivity contribution in [1.29, 1.82) is 0 Å². The largest absolute Gasteiger partial charge is 0.381 e. The minimum absolute atomic E-state index is 0.0152. The molecule has 3 aromatic rings. The van der Waals surface area contributed by atoms with Crippen LogP contribution in [0.1, 0.15) is 74.1 Å². The zero-order chi connectivity index (χ0) is 29.6. The van der Waals surface area contributed by atoms with Crippen LogP contribution in [0, 0.1) is 12.3 Å². The summed E-state index contributed by atoms with van der Waals surface area (Å²) in [4.78, 5) is 63.2. The summed E-state index contributed by atoms with van der Waals surface area (Å²) in [6.45, 7) is 6.44. The maximum Gasteiger partial charge on any atom is 0.243 e. The van der Waals surface area contributed by atoms with Crippen LogP contribution in [-0.2, 0) is 32.2 Å². The number of benzene rings is 1. The molecule has 3 aliphatic rings. The van der Waals surface area contributed by atoms with Crippen LogP contribution in [0.3, 0.4) is 0 Å². The average molecular weight is 572 g/mol. The van der Waals surface area contributed by atoms with E-state index in [4.69, 9.17) is 4.74 Å². The minimum atomic E-state index is -0.454. The minimum Gasteiger partial charge on any atom is -0.381 e. The van der Waals surface area contributed by atoms with Gasteiger partial charge in [-0.25, -0.2) is 9.97 Å². The monoisotopic (exact) mass is 571 g/mol. The fraction of sp³-hybridized carbons (Fsp3) is 0.500. The molecule has 10 heteroatoms. The highest BCUT2D eigenvalue weighted by Gasteiger charge is 2.66. The molecule has 42 heavy (non-hydrogen) atoms. The van der Waals surface area contributed by atoms with Crippen molar-refractivity contribution in [3.8, 4) is 11.1 Å². The molecule has 3 atom stereocenters. The molecule has 1 N–H and O–H groups in total. The Morgan fingerprint density at radius 2 is 1.90 bits per heavy atom. The topological polar surface area (TPSA) is 123 Å². The Labute approximate surface area is 244 Å². The van der Waals surface area contributed by atoms with Crippen LogP contribution >= 0.6 is 0 Å². The SMILES string of the molecule is CCC(=O)[C@@H]1C[C@]23COCCCCC(=O)NCc4cc(-c5cnc(C)nc5)cc5c(C(C)=O)cn(c45)CC(=O)N1[C@@H]2C3. The first-order valence-electron chi connectivity index (χ1n) is 14.8. The van der Waals surface area contributed by atoms with Crippen LogP contribution in [0.2, 0.25) is 0 Å². The van der Waals surface area contributed by atoms with Gasteiger partial charge >= 0.3 is 0 Å². The summed E-state index contributed by atoms with van der Waals surface area (Å²) in [5.74, 6) is 0.383. The smallest absolute Gasteiger partial charge is 0.243 e. The molecule has 2 aliphatic heterocycles. The molecule has 0 radical (unpaired) electrons. The lowest BCUT2D eigenvalue weighted by molar-refractivity contribution is -0.139. The van der Waals surface area contributed by atoms with E-state index in [9.17, 15) is 19.2 Å². The first kappa shape index (κ1) is 28.2. The summed E-state index contributed by atoms with van der Waals surface area (Å²) >= 11 is 0. The van der Waals surface area contributed by atoms with Gasteiger partial charge in [-0.15, -0.1) is 0 Å². The fourth-order valence-corrected chi connectivity index (χ4v) is 6.76. The van der Waals surface area contributed by atoms with Crippen molar-refractivity contribution in [2.24, 2.45) is 5.41 Å². The van der Waals surface area contributed by atoms with E-state index in [1.807, 2.05) is 30.5 Å². The molecular weight excluding hydrogens is 534 g/mol. The van der Waals surface area contributed by atoms with E-state index in [-0.39, 0.29) is 47.9 Å². The molecule has 6 rings (SSSR count). The van der Waals surface area contributed by atoms with Gasteiger partial charge in [0.15, 0.2) is 11.6 Å². The molecule has 1 saturated heterocycles. The van der Waals surface area contributed by atoms with E-state index in [1.165, 1.54) is 6.92 Å². The zero-order valence-electron chi connectivity index (χ0n) is 24.4. The Balaban J connectivity index is 1.46. The molecule has 2 amide bonds. The number of nitrogens with one attached hydrogen (secondary N) is 1. The number of carbonyl (C=O) groups excluding carboxylic acids is 4. The van der Waals surface area contributed by atoms with Crippen LogP contribution in [0.25, 0.3) is 22.0 Å². The fourth-order valence-electron chi connectivity index (χ4n) is 6.76. The van der Waals surface area contributed by atoms with Crippen molar-refractivity contribution in [2.75, 3.05) is 13.2 Å². The third-order valence-electron chi connectivity index (χ3n) is 9.08. The third-order valence-corrected chi connectivity index (χ3v) is 9.08. The van der Waals surface area contributed by atoms with Gasteiger partial charge in [0.1, 0.15) is 12.4 Å². The van der Waals surface area contributed by atoms with Crippen molar-refractivity contribution in [3.63, 3.8) is 0 Å². The second kappa shape index (κ2) is 11.1. The summed E-state index contributed by atoms with van der Waals surface area (Å²) in [5, 5.41) is 3.74. The van der Waals surface area contributed by atoms with Gasteiger partial charge in [0, 0.05) is 72.6 Å². The highest BCUT2D eigenvalue weighted by Crippen LogP contribution is 2.60. The summed E-state index contributed by atoms with van der Waals surface area (Å²) < 4.78 is 7.84. The zero-order valence-corrected chi connectivity index (χ0v) is 24.4. The summed E-state index contributed by atoms with van der Waals surface area (Å²) in [6, 6.07) is 3.42. The first-order valence-corrected chi connectivity index (χ1v) is 14.8. The molecule has 0 unspecified atom stereocenters. The molecule has 1 aliphatic carbocycles. The van der Waals surface area contributed by atoms with Gasteiger partial charge in [-0.05, 0) is 62.8 Å². The van der Waals surface area contributed by atoms with Gasteiger partial charge in [0.25, 0.3) is 0 Å². The predicted molar refractivity (Wildman–Crippen MR) is 156 cm³/mol. The first-order chi connectivity index (χ1) is 20.2. The molecule has 1 saturated carbocycles. The van der Waals surface area contributed by atoms with E-state index >= 15 is 0 Å². The Hall–Kier alpha value is -3.92. The van der Waals surface area contributed by atoms with Gasteiger partial charge in [0.05, 0.1) is 18.2 Å². The number of piperidine rings is 1. The number of hydrogen-bond donors (Lipinski definition) is 1. The Morgan fingerprint density at radius 1 is 1.12 bits per heavy atom. The number of nitrogens with zero attached hydrogens (tertiary/aromatic N) is 4. The van der Waals surface area contributed by atoms with E-state index < -0.39 is 6.04 Å². The summed E-state index contributed by atoms with van der Waals surface area (Å²) in [5.41, 5.74) is 3.42. The standard InChI is InChI=1S/C32H37N5O5/c1-4-27(39)26-11-32-12-28(32)37(26)30(41)17-36-16-25(19(2)38)24-10-21(23-14-33-20(3)34-15-23)9-22(31(24)36)13-35-29(40)7-5-6-8-42-18-32/h9-10,14-16,26,28H,4-8,11-13,17-18H2,1-3H3,(H,35,40)/t26-,28+,32-/m0/s1. The van der Waals surface area contributed by atoms with Gasteiger partial charge in [0.2, 0.25) is 11.8 Å². The van der Waals surface area contributed by atoms with Gasteiger partial charge < -0.3 is 19.5 Å². The van der Waals surface area contributed by atoms with Crippen LogP contribution in [-0.4, -0.2) is 68.1 Å². The molecule has 220 valence electrons. The van der Waals surface area contributed by atoms with Crippen LogP contribution in [0.4, 0.5) is 0 Å². The molecule has 10 nitrogen and oxygen atoms in total. The molecule has 2 aromatic heterocycles. The lowest BCUT2D eigenvalue weighted by Crippen LogP contribution is -2.44. The second-order valence-corrected chi connectivity index (χ2v) is 12.0. The molecule has 4 heterocycles. The Bertz CT molecular complexity index is 1580. The van der Waals surface area contributed by atoms with E-state index in [0.717, 1.165) is 35.0 Å². The summed E-state index contributed by atoms with van der Waals surface area (Å²) in [6.07, 6.45) is 8.86. The number of amides is 2. The lowest BCUT2D eigenvalue weighted by Gasteiger charge is -2.27. The van der Waals surface area contributed by atoms with Gasteiger partial charge in [-0.2, -0.15) is 0 Å². The quantitative estimate of drug-likeness (QED) is 0.473. The molecule has 2 fully saturated rings. The highest BCUT2D eigenvalue weighted by molar-refractivity contribution is 6.09. The molecular formula is C32H37N5O5. The van der Waals surface area contributed by atoms with E-state index in [1.54, 1.807) is 23.5 Å². The number of ether oxygens (including phenoxy) is 1. The van der Waals surface area contributed by atoms with Crippen molar-refractivity contribution < 1.29 is 23.9 Å². The van der Waals surface area contributed by atoms with Crippen LogP contribution in [0.5, 0.6) is 0 Å². The van der Waals surface area contributed by atoms with Crippen molar-refractivity contribution >= 4 is 34.3 Å². The van der Waals surface area contributed by atoms with Crippen molar-refractivity contribution in [2.45, 2.75) is 84.5 Å². The maximum absolute atomic E-state index is 14.0. The number of hydrogen-bond acceptors (Lipinski definition) is 7. The Kier molecular flexibility index (Phi) is 7.43. The summed E-state index contributed by atoms with van der Waals surface area (Å²) in [7, 11) is 0. The number of aryl methyl sites for hydroxylation is 1. The normalized spacial score (nSPS) is 24.7. The number of Topliss-reactive ketones (excluding diaryl/α,β-unsaturated/α-hetero) is 2. The second-order valence-electron chi connectivity index (χ2n) is 12.0. The number of carbonyl (C=O) groups is 4. The van der Waals surface area contributed by atoms with Crippen molar-refractivity contribution in [1.82, 2.24) is 24.8 Å². The lowest BCUT2D eigenvalue weighted by atomic mass is 9.97. The third kappa shape index (κ3) is 5.12. The maximum atomic E-state index is 14.0. The van der Waals surface area contributed by atoms with Gasteiger partial charge in [-0.1, -0.05) is 6.92 Å². The van der Waals surface area contributed by atoms with E-state index in [0.29, 0.717) is 55.7 Å².